The second-order valence-corrected chi connectivity index (χ2v) is 40.0. The van der Waals surface area contributed by atoms with Crippen LogP contribution in [0.4, 0.5) is 0 Å². The molecule has 4 aromatic heterocycles. The van der Waals surface area contributed by atoms with E-state index >= 15 is 0 Å². The van der Waals surface area contributed by atoms with Crippen LogP contribution in [0.15, 0.2) is 216 Å². The first-order chi connectivity index (χ1) is 70.5. The first-order valence-corrected chi connectivity index (χ1v) is 52.8. The van der Waals surface area contributed by atoms with Crippen molar-refractivity contribution in [3.63, 3.8) is 0 Å². The molecule has 4 aliphatic rings. The number of rotatable bonds is 26. The standard InChI is InChI=1S/C25H28N.C24H26N.C22H22N.C21H20N.2C14H26O2.2C5H8O2.4Ir/c1-18-14-19(2)16-22(15-18)24-13-12-23-21(10-7-11-25(23)26-24)17-20-8-5-3-4-6-9-20;1-17-13-18(2)15-21(14-17)23-12-11-22-20(9-6-10-24(22)25-23)16-19-7-4-3-5-8-19;1-15-12-16(2)14-18(13-15)21-11-10-20-19(17-6-3-4-7-17)8-5-9-22(20)23-21;1-14-11-15(2)13-17(12-14)20-10-9-19-18(16-5-3-6-16)7-4-8-21(19)22-20;2*1-6-11(7-2)13(15)10(5)14(16)12(8-3)9-4;2*1-4(6)3-5(2)7;;;;/h7,10-15,20H,3-6,8-9,17H2,1-2H3;6,9-14,19H,3-5,7-8,16H2,1-2H3;5,8-13,17H,3-4,6-7H2,1-2H3;4,7-12,16H,3,5-6H2,1-2H3;2*11-12,15H,6-9H2,1-5H3;2*3,6H,1-2H3;;;;/q4*-1;;;;;;;;/i;;2*2D3;;;;;;;;. The van der Waals surface area contributed by atoms with Crippen molar-refractivity contribution in [1.29, 1.82) is 0 Å². The maximum atomic E-state index is 12.1. The van der Waals surface area contributed by atoms with Gasteiger partial charge in [-0.15, -0.1) is 140 Å². The summed E-state index contributed by atoms with van der Waals surface area (Å²) in [6.45, 7) is 33.4. The molecule has 0 aliphatic heterocycles. The van der Waals surface area contributed by atoms with Crippen molar-refractivity contribution in [3.05, 3.63) is 307 Å². The topological polar surface area (TPSA) is 201 Å². The third-order valence-corrected chi connectivity index (χ3v) is 28.4. The second kappa shape index (κ2) is 65.1. The summed E-state index contributed by atoms with van der Waals surface area (Å²) in [5.74, 6) is 4.13. The molecule has 12 nitrogen and oxygen atoms in total. The summed E-state index contributed by atoms with van der Waals surface area (Å²) in [4.78, 5) is 63.7. The van der Waals surface area contributed by atoms with E-state index in [4.69, 9.17) is 38.4 Å². The molecule has 0 bridgehead atoms. The van der Waals surface area contributed by atoms with Gasteiger partial charge < -0.3 is 20.4 Å². The van der Waals surface area contributed by atoms with Gasteiger partial charge in [0.05, 0.1) is 33.6 Å². The number of hydrogen-bond donors (Lipinski definition) is 4. The van der Waals surface area contributed by atoms with Crippen LogP contribution in [0.1, 0.15) is 351 Å². The summed E-state index contributed by atoms with van der Waals surface area (Å²) in [5.41, 5.74) is 25.5. The fraction of sp³-hybridized carbons (Fsp3) is 0.446. The van der Waals surface area contributed by atoms with E-state index in [0.29, 0.717) is 34.5 Å². The fourth-order valence-corrected chi connectivity index (χ4v) is 20.5. The molecule has 8 aromatic carbocycles. The summed E-state index contributed by atoms with van der Waals surface area (Å²) in [6, 6.07) is 71.9. The van der Waals surface area contributed by atoms with E-state index < -0.39 is 13.7 Å². The van der Waals surface area contributed by atoms with Crippen LogP contribution in [0.25, 0.3) is 88.6 Å². The quantitative estimate of drug-likeness (QED) is 0.0173. The smallest absolute Gasteiger partial charge is 0.164 e. The summed E-state index contributed by atoms with van der Waals surface area (Å²) in [7, 11) is 0. The van der Waals surface area contributed by atoms with E-state index in [-0.39, 0.29) is 150 Å². The van der Waals surface area contributed by atoms with E-state index in [0.717, 1.165) is 141 Å². The first kappa shape index (κ1) is 117. The Morgan fingerprint density at radius 1 is 0.329 bits per heavy atom. The number of nitrogens with zero attached hydrogens (tertiary/aromatic N) is 4. The van der Waals surface area contributed by atoms with Gasteiger partial charge in [0.2, 0.25) is 0 Å². The molecule has 4 N–H and O–H groups in total. The predicted molar refractivity (Wildman–Crippen MR) is 596 cm³/mol. The van der Waals surface area contributed by atoms with Gasteiger partial charge in [0.25, 0.3) is 0 Å². The summed E-state index contributed by atoms with van der Waals surface area (Å²) in [5, 5.41) is 41.9. The van der Waals surface area contributed by atoms with Crippen molar-refractivity contribution >= 4 is 66.7 Å². The molecule has 4 fully saturated rings. The molecule has 16 heteroatoms. The Balaban J connectivity index is 0.000000313. The molecule has 12 aromatic rings. The normalized spacial score (nSPS) is 15.0. The van der Waals surface area contributed by atoms with Crippen molar-refractivity contribution in [1.82, 2.24) is 19.9 Å². The van der Waals surface area contributed by atoms with Crippen LogP contribution in [0.3, 0.4) is 0 Å². The Morgan fingerprint density at radius 2 is 0.589 bits per heavy atom. The minimum atomic E-state index is -2.16. The molecule has 16 rings (SSSR count). The molecule has 0 spiro atoms. The van der Waals surface area contributed by atoms with E-state index in [1.165, 1.54) is 234 Å². The van der Waals surface area contributed by atoms with E-state index in [1.807, 2.05) is 106 Å². The fourth-order valence-electron chi connectivity index (χ4n) is 20.5. The van der Waals surface area contributed by atoms with Gasteiger partial charge in [0, 0.05) is 157 Å². The van der Waals surface area contributed by atoms with Gasteiger partial charge in [-0.1, -0.05) is 298 Å². The Kier molecular flexibility index (Phi) is 52.2. The third kappa shape index (κ3) is 39.0. The summed E-state index contributed by atoms with van der Waals surface area (Å²) in [6.07, 6.45) is 36.1. The van der Waals surface area contributed by atoms with Crippen molar-refractivity contribution in [3.8, 4) is 45.0 Å². The number of pyridine rings is 4. The Hall–Kier alpha value is -9.16. The van der Waals surface area contributed by atoms with Crippen LogP contribution in [0.2, 0.25) is 0 Å². The van der Waals surface area contributed by atoms with Crippen LogP contribution in [-0.2, 0) is 112 Å². The molecule has 146 heavy (non-hydrogen) atoms. The number of benzene rings is 8. The van der Waals surface area contributed by atoms with Crippen molar-refractivity contribution in [2.75, 3.05) is 0 Å². The number of hydrogen-bond acceptors (Lipinski definition) is 12. The molecular weight excluding hydrogens is 2510 g/mol. The number of carbonyl (C=O) groups is 4. The summed E-state index contributed by atoms with van der Waals surface area (Å²) >= 11 is 0. The largest absolute Gasteiger partial charge is 0.512 e. The molecule has 4 heterocycles. The average molecular weight is 2690 g/mol. The van der Waals surface area contributed by atoms with Crippen molar-refractivity contribution in [2.24, 2.45) is 35.5 Å². The van der Waals surface area contributed by atoms with E-state index in [2.05, 4.69) is 173 Å². The monoisotopic (exact) mass is 2690 g/mol. The Labute approximate surface area is 938 Å². The zero-order valence-corrected chi connectivity index (χ0v) is 99.9. The number of aryl methyl sites for hydroxylation is 8. The third-order valence-electron chi connectivity index (χ3n) is 28.4. The molecule has 4 saturated carbocycles. The van der Waals surface area contributed by atoms with Crippen molar-refractivity contribution in [2.45, 2.75) is 344 Å². The molecular formula is C130H164Ir4N4O8-4. The first-order valence-electron chi connectivity index (χ1n) is 55.8. The Morgan fingerprint density at radius 3 is 0.849 bits per heavy atom. The van der Waals surface area contributed by atoms with Gasteiger partial charge in [0.1, 0.15) is 11.5 Å². The number of allylic oxidation sites excluding steroid dienone is 8. The van der Waals surface area contributed by atoms with Crippen LogP contribution in [0, 0.1) is 115 Å². The molecule has 792 valence electrons. The van der Waals surface area contributed by atoms with Gasteiger partial charge in [-0.3, -0.25) is 39.1 Å². The number of carbonyl (C=O) groups excluding carboxylic acids is 4. The molecule has 0 amide bonds. The second-order valence-electron chi connectivity index (χ2n) is 40.0. The number of aromatic nitrogens is 4. The summed E-state index contributed by atoms with van der Waals surface area (Å²) < 4.78 is 45.9. The molecule has 4 radical (unpaired) electrons. The van der Waals surface area contributed by atoms with E-state index in [9.17, 15) is 29.4 Å². The maximum Gasteiger partial charge on any atom is 0.164 e. The number of fused-ring (bicyclic) bond motifs is 4. The van der Waals surface area contributed by atoms with Crippen LogP contribution in [-0.4, -0.2) is 63.5 Å². The Bertz CT molecular complexity index is 6430. The molecule has 0 unspecified atom stereocenters. The van der Waals surface area contributed by atoms with Gasteiger partial charge in [-0.25, -0.2) is 0 Å². The average Bonchev–Trinajstić information content (AvgIpc) is 0.997. The van der Waals surface area contributed by atoms with Gasteiger partial charge in [0.15, 0.2) is 23.1 Å². The molecule has 4 aliphatic carbocycles. The minimum absolute atomic E-state index is 0. The van der Waals surface area contributed by atoms with Gasteiger partial charge in [-0.2, -0.15) is 0 Å². The zero-order chi connectivity index (χ0) is 108. The predicted octanol–water partition coefficient (Wildman–Crippen LogP) is 35.4. The van der Waals surface area contributed by atoms with Crippen LogP contribution >= 0.6 is 0 Å². The maximum absolute atomic E-state index is 12.1. The van der Waals surface area contributed by atoms with Gasteiger partial charge >= 0.3 is 0 Å². The number of Topliss-reactive ketones (excluding diaryl/α,β-unsaturated/α-hetero) is 2. The van der Waals surface area contributed by atoms with E-state index in [1.54, 1.807) is 26.0 Å². The zero-order valence-electron chi connectivity index (χ0n) is 96.3. The molecule has 0 saturated heterocycles. The van der Waals surface area contributed by atoms with Crippen LogP contribution < -0.4 is 0 Å². The SMILES string of the molecule is CC(=O)C=C(C)O.CC(=O)C=C(C)O.CCC(CC)C(=O)C(C)=C(O)C(CC)CC.CCC(CC)C(=O)C(C)=C(O)C(CC)CC.Cc1[c-]c(-c2ccc3c(CC4CCCCC4)cccc3n2)cc(C)c1.Cc1[c-]c(-c2ccc3c(CC4CCCCCC4)cccc3n2)cc(C)c1.[2H]C([2H])([2H])c1[c-]c(-c2ccc3c(C4CCC4)cccc3n2)cc(C)c1.[2H]C([2H])([2H])c1[c-]c(-c2ccc3c(C4CCCC4)cccc3n2)cc(C)c1.[Ir].[Ir].[Ir].[Ir]. The van der Waals surface area contributed by atoms with Gasteiger partial charge in [-0.05, 0) is 224 Å². The number of aliphatic hydroxyl groups excluding tert-OH is 4. The number of aliphatic hydroxyl groups is 4. The van der Waals surface area contributed by atoms with Crippen molar-refractivity contribution < 1.29 is 128 Å². The molecule has 0 atom stereocenters. The minimum Gasteiger partial charge on any atom is -0.512 e. The number of ketones is 4. The van der Waals surface area contributed by atoms with Crippen LogP contribution in [0.5, 0.6) is 0 Å².